The minimum absolute atomic E-state index is 0.210. The fourth-order valence-corrected chi connectivity index (χ4v) is 4.54. The smallest absolute Gasteiger partial charge is 0.239 e. The fraction of sp³-hybridized carbons (Fsp3) is 0.500. The third kappa shape index (κ3) is 3.89. The predicted octanol–water partition coefficient (Wildman–Crippen LogP) is 0.418. The van der Waals surface area contributed by atoms with Crippen LogP contribution in [0.25, 0.3) is 0 Å². The van der Waals surface area contributed by atoms with Crippen LogP contribution in [0.15, 0.2) is 18.2 Å². The molecule has 1 amide bonds. The van der Waals surface area contributed by atoms with Gasteiger partial charge in [0.25, 0.3) is 0 Å². The average molecular weight is 362 g/mol. The molecule has 0 aromatic heterocycles. The van der Waals surface area contributed by atoms with Gasteiger partial charge < -0.3 is 5.32 Å². The van der Waals surface area contributed by atoms with Crippen molar-refractivity contribution in [2.75, 3.05) is 18.9 Å². The van der Waals surface area contributed by atoms with E-state index in [2.05, 4.69) is 16.2 Å². The number of rotatable bonds is 5. The van der Waals surface area contributed by atoms with Crippen LogP contribution in [-0.2, 0) is 14.8 Å². The topological polar surface area (TPSA) is 90.5 Å². The van der Waals surface area contributed by atoms with Crippen molar-refractivity contribution in [2.45, 2.75) is 31.2 Å². The number of carbonyl (C=O) groups excluding carboxylic acids is 1. The van der Waals surface area contributed by atoms with Gasteiger partial charge in [0.05, 0.1) is 12.2 Å². The van der Waals surface area contributed by atoms with Crippen molar-refractivity contribution >= 4 is 21.6 Å². The maximum Gasteiger partial charge on any atom is 0.239 e. The number of nitrogens with zero attached hydrogens (tertiary/aromatic N) is 1. The highest BCUT2D eigenvalue weighted by atomic mass is 32.2. The third-order valence-corrected chi connectivity index (χ3v) is 6.38. The lowest BCUT2D eigenvalue weighted by molar-refractivity contribution is -0.116. The molecule has 2 atom stereocenters. The number of halogens is 2. The second-order valence-corrected chi connectivity index (χ2v) is 8.00. The van der Waals surface area contributed by atoms with Crippen molar-refractivity contribution in [2.24, 2.45) is 0 Å². The number of likely N-dealkylation sites (N-methyl/N-ethyl adjacent to an activating group) is 1. The van der Waals surface area contributed by atoms with Crippen LogP contribution < -0.4 is 16.2 Å². The molecular weight excluding hydrogens is 342 g/mol. The highest BCUT2D eigenvalue weighted by Crippen LogP contribution is 2.19. The molecule has 1 aromatic carbocycles. The van der Waals surface area contributed by atoms with Crippen molar-refractivity contribution in [3.8, 4) is 0 Å². The van der Waals surface area contributed by atoms with E-state index < -0.39 is 39.4 Å². The van der Waals surface area contributed by atoms with Gasteiger partial charge in [-0.05, 0) is 26.0 Å². The first-order chi connectivity index (χ1) is 11.1. The van der Waals surface area contributed by atoms with Crippen LogP contribution in [0.3, 0.4) is 0 Å². The summed E-state index contributed by atoms with van der Waals surface area (Å²) in [5, 5.41) is 1.50. The fourth-order valence-electron chi connectivity index (χ4n) is 2.66. The van der Waals surface area contributed by atoms with Crippen LogP contribution >= 0.6 is 0 Å². The molecule has 1 fully saturated rings. The first-order valence-corrected chi connectivity index (χ1v) is 8.84. The van der Waals surface area contributed by atoms with Crippen LogP contribution in [0.1, 0.15) is 13.8 Å². The van der Waals surface area contributed by atoms with Gasteiger partial charge in [0.2, 0.25) is 15.9 Å². The molecule has 0 spiro atoms. The molecule has 0 radical (unpaired) electrons. The van der Waals surface area contributed by atoms with E-state index in [0.717, 1.165) is 16.4 Å². The SMILES string of the molecule is CC1NNC(C)C1S(=O)(=O)N(C)CC(=O)Nc1ccc(F)cc1F. The van der Waals surface area contributed by atoms with Crippen molar-refractivity contribution in [3.63, 3.8) is 0 Å². The number of benzene rings is 1. The summed E-state index contributed by atoms with van der Waals surface area (Å²) in [6.45, 7) is 2.97. The molecule has 1 aliphatic heterocycles. The second-order valence-electron chi connectivity index (χ2n) is 5.80. The number of carbonyl (C=O) groups is 1. The van der Waals surface area contributed by atoms with E-state index in [-0.39, 0.29) is 17.8 Å². The summed E-state index contributed by atoms with van der Waals surface area (Å²) in [7, 11) is -2.46. The van der Waals surface area contributed by atoms with Crippen LogP contribution in [-0.4, -0.2) is 49.6 Å². The molecule has 0 bridgehead atoms. The van der Waals surface area contributed by atoms with Crippen molar-refractivity contribution < 1.29 is 22.0 Å². The number of anilines is 1. The van der Waals surface area contributed by atoms with Crippen molar-refractivity contribution in [1.29, 1.82) is 0 Å². The van der Waals surface area contributed by atoms with Crippen LogP contribution in [0.2, 0.25) is 0 Å². The standard InChI is InChI=1S/C14H20F2N4O3S/c1-8-14(9(2)19-18-8)24(22,23)20(3)7-13(21)17-12-5-4-10(15)6-11(12)16/h4-6,8-9,14,18-19H,7H2,1-3H3,(H,17,21). The molecular formula is C14H20F2N4O3S. The Morgan fingerprint density at radius 2 is 1.83 bits per heavy atom. The second kappa shape index (κ2) is 7.09. The maximum absolute atomic E-state index is 13.5. The van der Waals surface area contributed by atoms with Crippen molar-refractivity contribution in [1.82, 2.24) is 15.2 Å². The summed E-state index contributed by atoms with van der Waals surface area (Å²) in [6.07, 6.45) is 0. The quantitative estimate of drug-likeness (QED) is 0.706. The Kier molecular flexibility index (Phi) is 5.53. The molecule has 2 rings (SSSR count). The molecule has 2 unspecified atom stereocenters. The molecule has 0 aliphatic carbocycles. The van der Waals surface area contributed by atoms with E-state index in [1.165, 1.54) is 7.05 Å². The van der Waals surface area contributed by atoms with E-state index in [4.69, 9.17) is 0 Å². The van der Waals surface area contributed by atoms with Gasteiger partial charge in [-0.25, -0.2) is 17.2 Å². The zero-order chi connectivity index (χ0) is 18.1. The zero-order valence-electron chi connectivity index (χ0n) is 13.5. The summed E-state index contributed by atoms with van der Waals surface area (Å²) < 4.78 is 52.5. The molecule has 1 saturated heterocycles. The summed E-state index contributed by atoms with van der Waals surface area (Å²) in [4.78, 5) is 12.0. The van der Waals surface area contributed by atoms with E-state index >= 15 is 0 Å². The Labute approximate surface area is 139 Å². The lowest BCUT2D eigenvalue weighted by atomic mass is 10.2. The van der Waals surface area contributed by atoms with E-state index in [1.54, 1.807) is 13.8 Å². The Hall–Kier alpha value is -1.62. The van der Waals surface area contributed by atoms with Gasteiger partial charge in [-0.15, -0.1) is 0 Å². The Morgan fingerprint density at radius 3 is 2.38 bits per heavy atom. The van der Waals surface area contributed by atoms with Crippen molar-refractivity contribution in [3.05, 3.63) is 29.8 Å². The number of nitrogens with one attached hydrogen (secondary N) is 3. The van der Waals surface area contributed by atoms with Crippen LogP contribution in [0.5, 0.6) is 0 Å². The van der Waals surface area contributed by atoms with Gasteiger partial charge in [0.15, 0.2) is 0 Å². The molecule has 1 aromatic rings. The zero-order valence-corrected chi connectivity index (χ0v) is 14.3. The molecule has 1 aliphatic rings. The lowest BCUT2D eigenvalue weighted by Gasteiger charge is -2.25. The largest absolute Gasteiger partial charge is 0.322 e. The number of hydrogen-bond acceptors (Lipinski definition) is 5. The van der Waals surface area contributed by atoms with E-state index in [0.29, 0.717) is 6.07 Å². The highest BCUT2D eigenvalue weighted by Gasteiger charge is 2.42. The minimum atomic E-state index is -3.75. The van der Waals surface area contributed by atoms with Gasteiger partial charge in [-0.1, -0.05) is 0 Å². The van der Waals surface area contributed by atoms with Gasteiger partial charge >= 0.3 is 0 Å². The predicted molar refractivity (Wildman–Crippen MR) is 85.5 cm³/mol. The van der Waals surface area contributed by atoms with E-state index in [9.17, 15) is 22.0 Å². The summed E-state index contributed by atoms with van der Waals surface area (Å²) in [6, 6.07) is 2.05. The molecule has 3 N–H and O–H groups in total. The Morgan fingerprint density at radius 1 is 1.25 bits per heavy atom. The summed E-state index contributed by atoms with van der Waals surface area (Å²) >= 11 is 0. The Bertz CT molecular complexity index is 719. The average Bonchev–Trinajstić information content (AvgIpc) is 2.81. The number of amides is 1. The molecule has 24 heavy (non-hydrogen) atoms. The molecule has 0 saturated carbocycles. The summed E-state index contributed by atoms with van der Waals surface area (Å²) in [5.41, 5.74) is 5.48. The number of hydrazine groups is 1. The summed E-state index contributed by atoms with van der Waals surface area (Å²) in [5.74, 6) is -2.42. The first kappa shape index (κ1) is 18.7. The van der Waals surface area contributed by atoms with E-state index in [1.807, 2.05) is 0 Å². The van der Waals surface area contributed by atoms with Gasteiger partial charge in [0.1, 0.15) is 16.9 Å². The highest BCUT2D eigenvalue weighted by molar-refractivity contribution is 7.89. The minimum Gasteiger partial charge on any atom is -0.322 e. The Balaban J connectivity index is 2.05. The molecule has 1 heterocycles. The van der Waals surface area contributed by atoms with Gasteiger partial charge in [0, 0.05) is 25.2 Å². The maximum atomic E-state index is 13.5. The monoisotopic (exact) mass is 362 g/mol. The van der Waals surface area contributed by atoms with Gasteiger partial charge in [-0.3, -0.25) is 15.6 Å². The molecule has 134 valence electrons. The number of hydrogen-bond donors (Lipinski definition) is 3. The molecule has 10 heteroatoms. The lowest BCUT2D eigenvalue weighted by Crippen LogP contribution is -2.47. The normalized spacial score (nSPS) is 24.3. The number of sulfonamides is 1. The van der Waals surface area contributed by atoms with Crippen LogP contribution in [0, 0.1) is 11.6 Å². The molecule has 7 nitrogen and oxygen atoms in total. The van der Waals surface area contributed by atoms with Crippen LogP contribution in [0.4, 0.5) is 14.5 Å². The van der Waals surface area contributed by atoms with Gasteiger partial charge in [-0.2, -0.15) is 4.31 Å². The first-order valence-electron chi connectivity index (χ1n) is 7.34. The third-order valence-electron chi connectivity index (χ3n) is 3.87.